The maximum absolute atomic E-state index is 12.1. The molecule has 0 bridgehead atoms. The van der Waals surface area contributed by atoms with Gasteiger partial charge in [-0.05, 0) is 43.2 Å². The molecule has 0 fully saturated rings. The zero-order chi connectivity index (χ0) is 17.4. The van der Waals surface area contributed by atoms with Crippen molar-refractivity contribution in [2.45, 2.75) is 19.8 Å². The van der Waals surface area contributed by atoms with E-state index in [1.165, 1.54) is 0 Å². The molecular weight excluding hydrogens is 302 g/mol. The minimum absolute atomic E-state index is 0.156. The van der Waals surface area contributed by atoms with Gasteiger partial charge in [0, 0.05) is 13.0 Å². The number of para-hydroxylation sites is 1. The highest BCUT2D eigenvalue weighted by molar-refractivity contribution is 6.03. The molecule has 2 N–H and O–H groups in total. The molecule has 0 aliphatic heterocycles. The minimum Gasteiger partial charge on any atom is -0.352 e. The summed E-state index contributed by atoms with van der Waals surface area (Å²) in [6.45, 7) is 2.37. The molecule has 5 nitrogen and oxygen atoms in total. The van der Waals surface area contributed by atoms with Gasteiger partial charge in [0.25, 0.3) is 5.91 Å². The van der Waals surface area contributed by atoms with E-state index in [1.807, 2.05) is 19.1 Å². The summed E-state index contributed by atoms with van der Waals surface area (Å²) in [4.78, 5) is 24.1. The SMILES string of the molecule is CCNC(=O)c1ccccc1NC(=O)CCc1ccc(C#N)cc1. The Morgan fingerprint density at radius 2 is 1.79 bits per heavy atom. The maximum Gasteiger partial charge on any atom is 0.253 e. The van der Waals surface area contributed by atoms with Gasteiger partial charge in [0.15, 0.2) is 0 Å². The van der Waals surface area contributed by atoms with E-state index in [9.17, 15) is 9.59 Å². The average Bonchev–Trinajstić information content (AvgIpc) is 2.61. The fraction of sp³-hybridized carbons (Fsp3) is 0.211. The van der Waals surface area contributed by atoms with Crippen LogP contribution in [0.25, 0.3) is 0 Å². The third-order valence-electron chi connectivity index (χ3n) is 3.51. The Bertz CT molecular complexity index is 761. The van der Waals surface area contributed by atoms with Crippen molar-refractivity contribution in [3.8, 4) is 6.07 Å². The van der Waals surface area contributed by atoms with Crippen molar-refractivity contribution in [2.24, 2.45) is 0 Å². The van der Waals surface area contributed by atoms with Crippen LogP contribution in [0.1, 0.15) is 34.8 Å². The number of carbonyl (C=O) groups is 2. The molecule has 0 aliphatic rings. The minimum atomic E-state index is -0.208. The third kappa shape index (κ3) is 4.68. The Morgan fingerprint density at radius 3 is 2.46 bits per heavy atom. The molecule has 2 rings (SSSR count). The lowest BCUT2D eigenvalue weighted by atomic mass is 10.1. The predicted octanol–water partition coefficient (Wildman–Crippen LogP) is 2.88. The fourth-order valence-electron chi connectivity index (χ4n) is 2.26. The first kappa shape index (κ1) is 17.2. The van der Waals surface area contributed by atoms with Crippen molar-refractivity contribution in [1.82, 2.24) is 5.32 Å². The number of amides is 2. The lowest BCUT2D eigenvalue weighted by molar-refractivity contribution is -0.116. The summed E-state index contributed by atoms with van der Waals surface area (Å²) in [5.74, 6) is -0.364. The van der Waals surface area contributed by atoms with Crippen molar-refractivity contribution >= 4 is 17.5 Å². The van der Waals surface area contributed by atoms with Crippen LogP contribution in [-0.2, 0) is 11.2 Å². The largest absolute Gasteiger partial charge is 0.352 e. The number of anilines is 1. The van der Waals surface area contributed by atoms with Gasteiger partial charge in [-0.15, -0.1) is 0 Å². The van der Waals surface area contributed by atoms with Crippen molar-refractivity contribution in [3.63, 3.8) is 0 Å². The number of nitriles is 1. The van der Waals surface area contributed by atoms with E-state index in [1.54, 1.807) is 36.4 Å². The van der Waals surface area contributed by atoms with Gasteiger partial charge in [-0.1, -0.05) is 24.3 Å². The van der Waals surface area contributed by atoms with Crippen LogP contribution in [0.15, 0.2) is 48.5 Å². The smallest absolute Gasteiger partial charge is 0.253 e. The molecule has 0 saturated carbocycles. The second-order valence-corrected chi connectivity index (χ2v) is 5.26. The van der Waals surface area contributed by atoms with Gasteiger partial charge >= 0.3 is 0 Å². The molecule has 2 amide bonds. The second kappa shape index (κ2) is 8.49. The van der Waals surface area contributed by atoms with E-state index in [4.69, 9.17) is 5.26 Å². The molecule has 2 aromatic carbocycles. The number of benzene rings is 2. The van der Waals surface area contributed by atoms with Gasteiger partial charge in [-0.2, -0.15) is 5.26 Å². The van der Waals surface area contributed by atoms with Crippen LogP contribution in [0, 0.1) is 11.3 Å². The molecule has 0 atom stereocenters. The van der Waals surface area contributed by atoms with E-state index in [-0.39, 0.29) is 11.8 Å². The topological polar surface area (TPSA) is 82.0 Å². The van der Waals surface area contributed by atoms with Crippen molar-refractivity contribution in [2.75, 3.05) is 11.9 Å². The Labute approximate surface area is 141 Å². The molecule has 0 spiro atoms. The van der Waals surface area contributed by atoms with Crippen LogP contribution < -0.4 is 10.6 Å². The Hall–Kier alpha value is -3.13. The molecule has 5 heteroatoms. The first-order valence-electron chi connectivity index (χ1n) is 7.80. The standard InChI is InChI=1S/C19H19N3O2/c1-2-21-19(24)16-5-3-4-6-17(16)22-18(23)12-11-14-7-9-15(13-20)10-8-14/h3-10H,2,11-12H2,1H3,(H,21,24)(H,22,23). The Kier molecular flexibility index (Phi) is 6.09. The Morgan fingerprint density at radius 1 is 1.08 bits per heavy atom. The maximum atomic E-state index is 12.1. The zero-order valence-corrected chi connectivity index (χ0v) is 13.5. The fourth-order valence-corrected chi connectivity index (χ4v) is 2.26. The quantitative estimate of drug-likeness (QED) is 0.858. The van der Waals surface area contributed by atoms with E-state index in [0.29, 0.717) is 36.2 Å². The first-order chi connectivity index (χ1) is 11.6. The molecule has 122 valence electrons. The van der Waals surface area contributed by atoms with Gasteiger partial charge in [0.2, 0.25) is 5.91 Å². The number of aryl methyl sites for hydroxylation is 1. The predicted molar refractivity (Wildman–Crippen MR) is 92.6 cm³/mol. The molecule has 0 saturated heterocycles. The summed E-state index contributed by atoms with van der Waals surface area (Å²) in [7, 11) is 0. The van der Waals surface area contributed by atoms with Crippen LogP contribution in [0.3, 0.4) is 0 Å². The highest BCUT2D eigenvalue weighted by Crippen LogP contribution is 2.16. The summed E-state index contributed by atoms with van der Waals surface area (Å²) < 4.78 is 0. The van der Waals surface area contributed by atoms with E-state index >= 15 is 0 Å². The molecular formula is C19H19N3O2. The van der Waals surface area contributed by atoms with Gasteiger partial charge in [-0.3, -0.25) is 9.59 Å². The zero-order valence-electron chi connectivity index (χ0n) is 13.5. The monoisotopic (exact) mass is 321 g/mol. The number of nitrogens with zero attached hydrogens (tertiary/aromatic N) is 1. The number of rotatable bonds is 6. The summed E-state index contributed by atoms with van der Waals surface area (Å²) in [5.41, 5.74) is 2.54. The number of carbonyl (C=O) groups excluding carboxylic acids is 2. The van der Waals surface area contributed by atoms with Crippen molar-refractivity contribution < 1.29 is 9.59 Å². The van der Waals surface area contributed by atoms with Crippen LogP contribution in [0.2, 0.25) is 0 Å². The van der Waals surface area contributed by atoms with E-state index in [2.05, 4.69) is 16.7 Å². The molecule has 0 aromatic heterocycles. The van der Waals surface area contributed by atoms with Crippen LogP contribution in [0.4, 0.5) is 5.69 Å². The van der Waals surface area contributed by atoms with Crippen molar-refractivity contribution in [3.05, 3.63) is 65.2 Å². The average molecular weight is 321 g/mol. The summed E-state index contributed by atoms with van der Waals surface area (Å²) >= 11 is 0. The van der Waals surface area contributed by atoms with Crippen LogP contribution >= 0.6 is 0 Å². The number of nitrogens with one attached hydrogen (secondary N) is 2. The summed E-state index contributed by atoms with van der Waals surface area (Å²) in [6.07, 6.45) is 0.872. The first-order valence-corrected chi connectivity index (χ1v) is 7.80. The van der Waals surface area contributed by atoms with Crippen molar-refractivity contribution in [1.29, 1.82) is 5.26 Å². The number of hydrogen-bond donors (Lipinski definition) is 2. The van der Waals surface area contributed by atoms with Crippen LogP contribution in [-0.4, -0.2) is 18.4 Å². The lowest BCUT2D eigenvalue weighted by Crippen LogP contribution is -2.24. The highest BCUT2D eigenvalue weighted by atomic mass is 16.2. The lowest BCUT2D eigenvalue weighted by Gasteiger charge is -2.10. The van der Waals surface area contributed by atoms with Gasteiger partial charge in [-0.25, -0.2) is 0 Å². The highest BCUT2D eigenvalue weighted by Gasteiger charge is 2.12. The van der Waals surface area contributed by atoms with E-state index in [0.717, 1.165) is 5.56 Å². The van der Waals surface area contributed by atoms with Gasteiger partial charge in [0.1, 0.15) is 0 Å². The number of hydrogen-bond acceptors (Lipinski definition) is 3. The van der Waals surface area contributed by atoms with Gasteiger partial charge < -0.3 is 10.6 Å². The molecule has 0 radical (unpaired) electrons. The molecule has 2 aromatic rings. The van der Waals surface area contributed by atoms with E-state index < -0.39 is 0 Å². The van der Waals surface area contributed by atoms with Crippen LogP contribution in [0.5, 0.6) is 0 Å². The third-order valence-corrected chi connectivity index (χ3v) is 3.51. The Balaban J connectivity index is 1.97. The second-order valence-electron chi connectivity index (χ2n) is 5.26. The molecule has 0 aliphatic carbocycles. The van der Waals surface area contributed by atoms with Gasteiger partial charge in [0.05, 0.1) is 22.9 Å². The molecule has 0 heterocycles. The molecule has 24 heavy (non-hydrogen) atoms. The normalized spacial score (nSPS) is 9.83. The summed E-state index contributed by atoms with van der Waals surface area (Å²) in [5, 5.41) is 14.3. The summed E-state index contributed by atoms with van der Waals surface area (Å²) in [6, 6.07) is 16.1. The molecule has 0 unspecified atom stereocenters.